The maximum atomic E-state index is 4.70. The Morgan fingerprint density at radius 1 is 0.833 bits per heavy atom. The second kappa shape index (κ2) is 4.61. The second-order valence-corrected chi connectivity index (χ2v) is 4.59. The first-order chi connectivity index (χ1) is 8.89. The van der Waals surface area contributed by atoms with Gasteiger partial charge in [-0.1, -0.05) is 66.7 Å². The number of hydrogen-bond donors (Lipinski definition) is 0. The monoisotopic (exact) mass is 233 g/mol. The third kappa shape index (κ3) is 2.00. The Bertz CT molecular complexity index is 555. The summed E-state index contributed by atoms with van der Waals surface area (Å²) in [6.45, 7) is 0. The van der Waals surface area contributed by atoms with Crippen molar-refractivity contribution >= 4 is 6.21 Å². The van der Waals surface area contributed by atoms with Crippen molar-refractivity contribution in [3.05, 3.63) is 83.9 Å². The van der Waals surface area contributed by atoms with E-state index >= 15 is 0 Å². The van der Waals surface area contributed by atoms with E-state index in [1.165, 1.54) is 11.1 Å². The Balaban J connectivity index is 1.99. The van der Waals surface area contributed by atoms with Crippen LogP contribution in [0.3, 0.4) is 0 Å². The number of rotatable bonds is 3. The summed E-state index contributed by atoms with van der Waals surface area (Å²) >= 11 is 0. The third-order valence-corrected chi connectivity index (χ3v) is 3.35. The number of aliphatic imine (C=N–C) groups is 1. The Morgan fingerprint density at radius 3 is 2.11 bits per heavy atom. The van der Waals surface area contributed by atoms with Crippen molar-refractivity contribution in [2.45, 2.75) is 12.0 Å². The van der Waals surface area contributed by atoms with Gasteiger partial charge < -0.3 is 0 Å². The van der Waals surface area contributed by atoms with Crippen molar-refractivity contribution in [1.82, 2.24) is 0 Å². The summed E-state index contributed by atoms with van der Waals surface area (Å²) in [7, 11) is 0. The summed E-state index contributed by atoms with van der Waals surface area (Å²) in [4.78, 5) is 4.70. The molecule has 0 fully saturated rings. The van der Waals surface area contributed by atoms with Crippen molar-refractivity contribution in [2.24, 2.45) is 4.99 Å². The van der Waals surface area contributed by atoms with Crippen LogP contribution in [0.2, 0.25) is 0 Å². The van der Waals surface area contributed by atoms with E-state index in [0.29, 0.717) is 0 Å². The van der Waals surface area contributed by atoms with Crippen molar-refractivity contribution < 1.29 is 0 Å². The first kappa shape index (κ1) is 11.0. The molecule has 0 bridgehead atoms. The van der Waals surface area contributed by atoms with Crippen molar-refractivity contribution in [2.75, 3.05) is 0 Å². The zero-order valence-electron chi connectivity index (χ0n) is 10.2. The molecule has 0 N–H and O–H groups in total. The predicted octanol–water partition coefficient (Wildman–Crippen LogP) is 3.77. The zero-order chi connectivity index (χ0) is 12.3. The first-order valence-corrected chi connectivity index (χ1v) is 6.22. The fraction of sp³-hybridized carbons (Fsp3) is 0.118. The Morgan fingerprint density at radius 2 is 1.50 bits per heavy atom. The average Bonchev–Trinajstić information content (AvgIpc) is 2.91. The van der Waals surface area contributed by atoms with Crippen LogP contribution in [0.25, 0.3) is 0 Å². The summed E-state index contributed by atoms with van der Waals surface area (Å²) in [5.74, 6) is 0. The lowest BCUT2D eigenvalue weighted by atomic mass is 9.85. The van der Waals surface area contributed by atoms with Gasteiger partial charge in [-0.3, -0.25) is 4.99 Å². The van der Waals surface area contributed by atoms with Gasteiger partial charge in [-0.2, -0.15) is 0 Å². The van der Waals surface area contributed by atoms with Crippen LogP contribution in [0, 0.1) is 0 Å². The predicted molar refractivity (Wildman–Crippen MR) is 75.9 cm³/mol. The molecule has 0 saturated carbocycles. The highest BCUT2D eigenvalue weighted by atomic mass is 14.9. The molecule has 0 radical (unpaired) electrons. The molecule has 0 saturated heterocycles. The quantitative estimate of drug-likeness (QED) is 0.765. The van der Waals surface area contributed by atoms with Crippen molar-refractivity contribution in [1.29, 1.82) is 0 Å². The van der Waals surface area contributed by atoms with E-state index in [9.17, 15) is 0 Å². The fourth-order valence-corrected chi connectivity index (χ4v) is 2.43. The summed E-state index contributed by atoms with van der Waals surface area (Å²) in [5, 5.41) is 0. The summed E-state index contributed by atoms with van der Waals surface area (Å²) < 4.78 is 0. The average molecular weight is 233 g/mol. The molecule has 1 heterocycles. The van der Waals surface area contributed by atoms with Crippen molar-refractivity contribution in [3.63, 3.8) is 0 Å². The summed E-state index contributed by atoms with van der Waals surface area (Å²) in [6.07, 6.45) is 7.03. The molecule has 3 rings (SSSR count). The minimum Gasteiger partial charge on any atom is -0.277 e. The van der Waals surface area contributed by atoms with Crippen LogP contribution in [0.15, 0.2) is 77.8 Å². The molecule has 0 spiro atoms. The van der Waals surface area contributed by atoms with E-state index in [-0.39, 0.29) is 5.54 Å². The Labute approximate surface area is 108 Å². The van der Waals surface area contributed by atoms with E-state index < -0.39 is 0 Å². The highest BCUT2D eigenvalue weighted by molar-refractivity contribution is 5.76. The first-order valence-electron chi connectivity index (χ1n) is 6.22. The lowest BCUT2D eigenvalue weighted by Crippen LogP contribution is -2.22. The smallest absolute Gasteiger partial charge is 0.108 e. The largest absolute Gasteiger partial charge is 0.277 e. The molecule has 1 aliphatic rings. The standard InChI is InChI=1S/C17H15N/c1-3-8-15(9-4-1)14-17(12-7-13-18-17)16-10-5-2-6-11-16/h1-13H,14H2. The number of nitrogens with zero attached hydrogens (tertiary/aromatic N) is 1. The lowest BCUT2D eigenvalue weighted by Gasteiger charge is -2.25. The molecule has 2 aromatic carbocycles. The number of allylic oxidation sites excluding steroid dienone is 1. The molecule has 1 unspecified atom stereocenters. The van der Waals surface area contributed by atoms with Gasteiger partial charge in [-0.05, 0) is 17.2 Å². The number of hydrogen-bond acceptors (Lipinski definition) is 1. The van der Waals surface area contributed by atoms with Crippen LogP contribution in [-0.2, 0) is 12.0 Å². The SMILES string of the molecule is C1=CC(Cc2ccccc2)(c2ccccc2)N=C1. The lowest BCUT2D eigenvalue weighted by molar-refractivity contribution is 0.573. The zero-order valence-corrected chi connectivity index (χ0v) is 10.2. The van der Waals surface area contributed by atoms with Gasteiger partial charge in [0.25, 0.3) is 0 Å². The van der Waals surface area contributed by atoms with E-state index in [0.717, 1.165) is 6.42 Å². The van der Waals surface area contributed by atoms with Crippen molar-refractivity contribution in [3.8, 4) is 0 Å². The van der Waals surface area contributed by atoms with E-state index in [1.807, 2.05) is 24.4 Å². The van der Waals surface area contributed by atoms with Gasteiger partial charge >= 0.3 is 0 Å². The molecule has 18 heavy (non-hydrogen) atoms. The van der Waals surface area contributed by atoms with Crippen LogP contribution in [0.5, 0.6) is 0 Å². The molecule has 1 nitrogen and oxygen atoms in total. The van der Waals surface area contributed by atoms with Gasteiger partial charge in [0.2, 0.25) is 0 Å². The third-order valence-electron chi connectivity index (χ3n) is 3.35. The van der Waals surface area contributed by atoms with E-state index in [2.05, 4.69) is 54.6 Å². The van der Waals surface area contributed by atoms with Crippen LogP contribution >= 0.6 is 0 Å². The molecular weight excluding hydrogens is 218 g/mol. The van der Waals surface area contributed by atoms with E-state index in [1.54, 1.807) is 0 Å². The number of benzene rings is 2. The molecule has 0 amide bonds. The maximum absolute atomic E-state index is 4.70. The highest BCUT2D eigenvalue weighted by Gasteiger charge is 2.30. The molecule has 1 atom stereocenters. The van der Waals surface area contributed by atoms with Gasteiger partial charge in [-0.15, -0.1) is 0 Å². The topological polar surface area (TPSA) is 12.4 Å². The molecule has 0 aromatic heterocycles. The van der Waals surface area contributed by atoms with Crippen LogP contribution in [-0.4, -0.2) is 6.21 Å². The molecule has 88 valence electrons. The van der Waals surface area contributed by atoms with Crippen LogP contribution < -0.4 is 0 Å². The molecular formula is C17H15N. The van der Waals surface area contributed by atoms with Gasteiger partial charge in [-0.25, -0.2) is 0 Å². The van der Waals surface area contributed by atoms with E-state index in [4.69, 9.17) is 4.99 Å². The second-order valence-electron chi connectivity index (χ2n) is 4.59. The van der Waals surface area contributed by atoms with Crippen LogP contribution in [0.1, 0.15) is 11.1 Å². The minimum atomic E-state index is -0.220. The Kier molecular flexibility index (Phi) is 2.81. The fourth-order valence-electron chi connectivity index (χ4n) is 2.43. The summed E-state index contributed by atoms with van der Waals surface area (Å²) in [6, 6.07) is 21.0. The van der Waals surface area contributed by atoms with Gasteiger partial charge in [0.15, 0.2) is 0 Å². The van der Waals surface area contributed by atoms with Gasteiger partial charge in [0, 0.05) is 12.6 Å². The molecule has 0 aliphatic carbocycles. The Hall–Kier alpha value is -2.15. The normalized spacial score (nSPS) is 21.3. The molecule has 1 heteroatoms. The minimum absolute atomic E-state index is 0.220. The van der Waals surface area contributed by atoms with Gasteiger partial charge in [0.05, 0.1) is 0 Å². The van der Waals surface area contributed by atoms with Crippen LogP contribution in [0.4, 0.5) is 0 Å². The van der Waals surface area contributed by atoms with Gasteiger partial charge in [0.1, 0.15) is 5.54 Å². The highest BCUT2D eigenvalue weighted by Crippen LogP contribution is 2.33. The molecule has 1 aliphatic heterocycles. The summed E-state index contributed by atoms with van der Waals surface area (Å²) in [5.41, 5.74) is 2.34. The molecule has 2 aromatic rings. The maximum Gasteiger partial charge on any atom is 0.108 e.